The second-order valence-electron chi connectivity index (χ2n) is 9.31. The molecule has 4 rings (SSSR count). The van der Waals surface area contributed by atoms with Crippen LogP contribution in [0, 0.1) is 17.6 Å². The van der Waals surface area contributed by atoms with E-state index in [-0.39, 0.29) is 28.8 Å². The molecule has 1 aliphatic carbocycles. The van der Waals surface area contributed by atoms with Gasteiger partial charge in [0.1, 0.15) is 15.8 Å². The smallest absolute Gasteiger partial charge is 0.326 e. The van der Waals surface area contributed by atoms with Gasteiger partial charge in [-0.15, -0.1) is 23.2 Å². The number of carbonyl (C=O) groups excluding carboxylic acids is 3. The first-order valence-electron chi connectivity index (χ1n) is 12.2. The van der Waals surface area contributed by atoms with Crippen molar-refractivity contribution in [2.75, 3.05) is 16.0 Å². The Morgan fingerprint density at radius 1 is 0.826 bits per heavy atom. The van der Waals surface area contributed by atoms with Crippen LogP contribution < -0.4 is 16.0 Å². The van der Waals surface area contributed by atoms with Crippen molar-refractivity contribution in [3.63, 3.8) is 0 Å². The number of carbonyl (C=O) groups is 3. The van der Waals surface area contributed by atoms with Gasteiger partial charge in [0.15, 0.2) is 5.82 Å². The minimum atomic E-state index is -4.75. The van der Waals surface area contributed by atoms with Crippen LogP contribution in [-0.2, 0) is 21.9 Å². The lowest BCUT2D eigenvalue weighted by atomic mass is 10.1. The highest BCUT2D eigenvalue weighted by molar-refractivity contribution is 6.52. The number of alkyl halides is 10. The van der Waals surface area contributed by atoms with Crippen LogP contribution in [0.1, 0.15) is 27.9 Å². The number of nitrogens with one attached hydrogen (secondary N) is 3. The number of benzene rings is 3. The molecule has 0 radical (unpaired) electrons. The maximum atomic E-state index is 14.5. The van der Waals surface area contributed by atoms with Gasteiger partial charge in [-0.1, -0.05) is 17.7 Å². The molecule has 0 unspecified atom stereocenters. The minimum absolute atomic E-state index is 0.0651. The van der Waals surface area contributed by atoms with Crippen molar-refractivity contribution in [3.8, 4) is 0 Å². The molecule has 0 bridgehead atoms. The van der Waals surface area contributed by atoms with Crippen molar-refractivity contribution in [2.45, 2.75) is 29.5 Å². The van der Waals surface area contributed by atoms with Gasteiger partial charge in [0.2, 0.25) is 5.91 Å². The third kappa shape index (κ3) is 9.39. The van der Waals surface area contributed by atoms with Crippen LogP contribution in [0.4, 0.5) is 61.0 Å². The highest BCUT2D eigenvalue weighted by Gasteiger charge is 2.56. The molecule has 3 N–H and O–H groups in total. The van der Waals surface area contributed by atoms with E-state index in [1.807, 2.05) is 0 Å². The standard InChI is InChI=1S/C19H12Cl3F4N3O3.C8H4F6/c20-10-2-1-7(27-17(31)9-6-19(9,21)22)5-8(10)16(30)28-12-4-3-11(23)14(13(12)24)29-18(32)15(25)26;9-7(10,11)5-2-1-3-6(4-5)8(12,13)14/h1-5,9,15H,6H2,(H,27,31)(H,28,30)(H,29,32);1-4H/t9-;/m1./s1. The van der Waals surface area contributed by atoms with Crippen LogP contribution >= 0.6 is 34.8 Å². The molecule has 0 heterocycles. The molecule has 6 nitrogen and oxygen atoms in total. The maximum Gasteiger partial charge on any atom is 0.416 e. The summed E-state index contributed by atoms with van der Waals surface area (Å²) in [5.41, 5.74) is -4.39. The molecule has 0 aliphatic heterocycles. The number of amides is 3. The maximum absolute atomic E-state index is 14.5. The number of hydrogen-bond donors (Lipinski definition) is 3. The Morgan fingerprint density at radius 2 is 1.39 bits per heavy atom. The normalized spacial score (nSPS) is 15.4. The van der Waals surface area contributed by atoms with Crippen LogP contribution in [0.2, 0.25) is 5.02 Å². The van der Waals surface area contributed by atoms with Gasteiger partial charge in [-0.25, -0.2) is 8.78 Å². The van der Waals surface area contributed by atoms with E-state index in [1.54, 1.807) is 0 Å². The molecule has 3 amide bonds. The zero-order valence-corrected chi connectivity index (χ0v) is 24.5. The van der Waals surface area contributed by atoms with Crippen LogP contribution in [0.5, 0.6) is 0 Å². The lowest BCUT2D eigenvalue weighted by molar-refractivity contribution is -0.143. The topological polar surface area (TPSA) is 87.3 Å². The van der Waals surface area contributed by atoms with Gasteiger partial charge in [-0.3, -0.25) is 14.4 Å². The first-order valence-corrected chi connectivity index (χ1v) is 13.4. The van der Waals surface area contributed by atoms with Crippen LogP contribution in [0.3, 0.4) is 0 Å². The fourth-order valence-electron chi connectivity index (χ4n) is 3.51. The van der Waals surface area contributed by atoms with E-state index < -0.39 is 80.9 Å². The van der Waals surface area contributed by atoms with Gasteiger partial charge < -0.3 is 16.0 Å². The van der Waals surface area contributed by atoms with Crippen molar-refractivity contribution in [1.29, 1.82) is 0 Å². The predicted molar refractivity (Wildman–Crippen MR) is 148 cm³/mol. The van der Waals surface area contributed by atoms with Crippen LogP contribution in [0.25, 0.3) is 0 Å². The first kappa shape index (κ1) is 36.7. The van der Waals surface area contributed by atoms with Crippen molar-refractivity contribution in [2.24, 2.45) is 5.92 Å². The summed E-state index contributed by atoms with van der Waals surface area (Å²) in [5, 5.41) is 5.97. The second kappa shape index (κ2) is 13.9. The van der Waals surface area contributed by atoms with Gasteiger partial charge in [0.05, 0.1) is 33.3 Å². The van der Waals surface area contributed by atoms with Crippen LogP contribution in [-0.4, -0.2) is 28.5 Å². The number of anilines is 3. The van der Waals surface area contributed by atoms with E-state index in [0.29, 0.717) is 18.2 Å². The molecule has 3 aromatic carbocycles. The third-order valence-electron chi connectivity index (χ3n) is 5.92. The lowest BCUT2D eigenvalue weighted by Crippen LogP contribution is -2.22. The summed E-state index contributed by atoms with van der Waals surface area (Å²) in [6.45, 7) is 0. The van der Waals surface area contributed by atoms with Gasteiger partial charge in [-0.05, 0) is 55.0 Å². The summed E-state index contributed by atoms with van der Waals surface area (Å²) < 4.78 is 124. The van der Waals surface area contributed by atoms with E-state index in [9.17, 15) is 58.3 Å². The number of rotatable bonds is 6. The third-order valence-corrected chi connectivity index (χ3v) is 7.09. The fraction of sp³-hybridized carbons (Fsp3) is 0.222. The zero-order valence-electron chi connectivity index (χ0n) is 22.2. The molecule has 0 aromatic heterocycles. The average Bonchev–Trinajstić information content (AvgIpc) is 3.60. The van der Waals surface area contributed by atoms with E-state index in [4.69, 9.17) is 34.8 Å². The Balaban J connectivity index is 0.000000344. The largest absolute Gasteiger partial charge is 0.416 e. The van der Waals surface area contributed by atoms with Crippen molar-refractivity contribution in [1.82, 2.24) is 0 Å². The van der Waals surface area contributed by atoms with Crippen molar-refractivity contribution >= 4 is 69.6 Å². The summed E-state index contributed by atoms with van der Waals surface area (Å²) in [5.74, 6) is -6.81. The molecule has 1 saturated carbocycles. The molecular formula is C27H16Cl3F10N3O3. The van der Waals surface area contributed by atoms with Crippen molar-refractivity contribution in [3.05, 3.63) is 87.9 Å². The molecule has 46 heavy (non-hydrogen) atoms. The highest BCUT2D eigenvalue weighted by atomic mass is 35.5. The van der Waals surface area contributed by atoms with Gasteiger partial charge in [0.25, 0.3) is 11.8 Å². The molecular weight excluding hydrogens is 711 g/mol. The summed E-state index contributed by atoms with van der Waals surface area (Å²) >= 11 is 17.7. The van der Waals surface area contributed by atoms with Gasteiger partial charge >= 0.3 is 18.8 Å². The van der Waals surface area contributed by atoms with Crippen LogP contribution in [0.15, 0.2) is 54.6 Å². The Labute approximate surface area is 267 Å². The van der Waals surface area contributed by atoms with Gasteiger partial charge in [0, 0.05) is 5.69 Å². The van der Waals surface area contributed by atoms with E-state index in [1.165, 1.54) is 23.5 Å². The molecule has 1 atom stereocenters. The summed E-state index contributed by atoms with van der Waals surface area (Å²) in [6.07, 6.45) is -12.7. The van der Waals surface area contributed by atoms with Gasteiger partial charge in [-0.2, -0.15) is 35.1 Å². The molecule has 1 aliphatic rings. The first-order chi connectivity index (χ1) is 21.1. The molecule has 248 valence electrons. The Morgan fingerprint density at radius 3 is 1.89 bits per heavy atom. The number of halogens is 13. The highest BCUT2D eigenvalue weighted by Crippen LogP contribution is 2.53. The molecule has 3 aromatic rings. The Kier molecular flexibility index (Phi) is 11.1. The number of hydrogen-bond acceptors (Lipinski definition) is 3. The zero-order chi connectivity index (χ0) is 34.8. The van der Waals surface area contributed by atoms with E-state index >= 15 is 0 Å². The monoisotopic (exact) mass is 725 g/mol. The summed E-state index contributed by atoms with van der Waals surface area (Å²) in [7, 11) is 0. The average molecular weight is 727 g/mol. The Bertz CT molecular complexity index is 1620. The van der Waals surface area contributed by atoms with E-state index in [2.05, 4.69) is 10.6 Å². The molecule has 1 fully saturated rings. The lowest BCUT2D eigenvalue weighted by Gasteiger charge is -2.13. The van der Waals surface area contributed by atoms with E-state index in [0.717, 1.165) is 12.1 Å². The molecule has 0 spiro atoms. The molecule has 0 saturated heterocycles. The molecule has 19 heteroatoms. The SMILES string of the molecule is FC(F)(F)c1cccc(C(F)(F)F)c1.O=C(Nc1ccc(F)c(NC(=O)C(F)F)c1F)c1cc(NC(=O)[C@H]2CC2(Cl)Cl)ccc1Cl. The summed E-state index contributed by atoms with van der Waals surface area (Å²) in [6, 6.07) is 7.38. The predicted octanol–water partition coefficient (Wildman–Crippen LogP) is 8.93. The minimum Gasteiger partial charge on any atom is -0.326 e. The second-order valence-corrected chi connectivity index (χ2v) is 11.3. The fourth-order valence-corrected chi connectivity index (χ4v) is 4.22. The Hall–Kier alpha value is -3.76. The summed E-state index contributed by atoms with van der Waals surface area (Å²) in [4.78, 5) is 35.8. The van der Waals surface area contributed by atoms with Crippen molar-refractivity contribution < 1.29 is 58.3 Å². The quantitative estimate of drug-likeness (QED) is 0.175.